The van der Waals surface area contributed by atoms with Gasteiger partial charge in [-0.05, 0) is 96.7 Å². The summed E-state index contributed by atoms with van der Waals surface area (Å²) >= 11 is 0. The first-order valence-corrected chi connectivity index (χ1v) is 17.4. The molecule has 7 nitrogen and oxygen atoms in total. The van der Waals surface area contributed by atoms with Crippen molar-refractivity contribution in [1.82, 2.24) is 0 Å². The van der Waals surface area contributed by atoms with Crippen molar-refractivity contribution < 1.29 is 45.3 Å². The zero-order valence-electron chi connectivity index (χ0n) is 25.8. The number of carbonyl (C=O) groups excluding carboxylic acids is 1. The van der Waals surface area contributed by atoms with Crippen molar-refractivity contribution in [3.8, 4) is 28.4 Å². The van der Waals surface area contributed by atoms with Gasteiger partial charge in [-0.2, -0.15) is 13.2 Å². The summed E-state index contributed by atoms with van der Waals surface area (Å²) in [6.45, 7) is 2.85. The molecule has 0 spiro atoms. The largest absolute Gasteiger partial charge is 0.493 e. The van der Waals surface area contributed by atoms with Crippen LogP contribution >= 0.6 is 0 Å². The van der Waals surface area contributed by atoms with E-state index < -0.39 is 21.6 Å². The molecule has 0 unspecified atom stereocenters. The monoisotopic (exact) mass is 658 g/mol. The maximum Gasteiger partial charge on any atom is 0.416 e. The highest BCUT2D eigenvalue weighted by Crippen LogP contribution is 2.45. The predicted octanol–water partition coefficient (Wildman–Crippen LogP) is 7.03. The van der Waals surface area contributed by atoms with Gasteiger partial charge in [0.2, 0.25) is 0 Å². The normalized spacial score (nSPS) is 20.5. The molecule has 2 heterocycles. The zero-order chi connectivity index (χ0) is 32.6. The Kier molecular flexibility index (Phi) is 8.98. The third kappa shape index (κ3) is 6.99. The number of halogens is 3. The number of hydrogen-bond acceptors (Lipinski definition) is 7. The van der Waals surface area contributed by atoms with Gasteiger partial charge in [0.25, 0.3) is 0 Å². The number of esters is 1. The van der Waals surface area contributed by atoms with Gasteiger partial charge in [-0.3, -0.25) is 4.79 Å². The quantitative estimate of drug-likeness (QED) is 0.228. The number of sulfone groups is 1. The predicted molar refractivity (Wildman–Crippen MR) is 166 cm³/mol. The number of benzene rings is 3. The molecule has 3 aromatic carbocycles. The van der Waals surface area contributed by atoms with Crippen LogP contribution in [0.15, 0.2) is 48.5 Å². The Morgan fingerprint density at radius 3 is 2.33 bits per heavy atom. The smallest absolute Gasteiger partial charge is 0.416 e. The van der Waals surface area contributed by atoms with Crippen molar-refractivity contribution >= 4 is 15.8 Å². The summed E-state index contributed by atoms with van der Waals surface area (Å²) in [5, 5.41) is 0. The Morgan fingerprint density at radius 1 is 0.891 bits per heavy atom. The summed E-state index contributed by atoms with van der Waals surface area (Å²) < 4.78 is 88.5. The van der Waals surface area contributed by atoms with Gasteiger partial charge in [-0.1, -0.05) is 12.1 Å². The maximum atomic E-state index is 14.1. The lowest BCUT2D eigenvalue weighted by molar-refractivity contribution is -0.141. The minimum Gasteiger partial charge on any atom is -0.493 e. The Morgan fingerprint density at radius 2 is 1.61 bits per heavy atom. The van der Waals surface area contributed by atoms with Crippen LogP contribution in [0.4, 0.5) is 13.2 Å². The van der Waals surface area contributed by atoms with Gasteiger partial charge in [-0.15, -0.1) is 0 Å². The van der Waals surface area contributed by atoms with Crippen LogP contribution in [-0.2, 0) is 32.0 Å². The summed E-state index contributed by atoms with van der Waals surface area (Å²) in [6, 6.07) is 13.4. The summed E-state index contributed by atoms with van der Waals surface area (Å²) in [6.07, 6.45) is -1.88. The van der Waals surface area contributed by atoms with Gasteiger partial charge in [0.05, 0.1) is 50.4 Å². The number of hydrogen-bond donors (Lipinski definition) is 0. The second-order valence-corrected chi connectivity index (χ2v) is 14.8. The van der Waals surface area contributed by atoms with Gasteiger partial charge in [0.1, 0.15) is 27.1 Å². The van der Waals surface area contributed by atoms with Crippen molar-refractivity contribution in [2.45, 2.75) is 57.0 Å². The molecule has 11 heteroatoms. The first-order valence-electron chi connectivity index (χ1n) is 15.5. The van der Waals surface area contributed by atoms with Gasteiger partial charge in [-0.25, -0.2) is 8.42 Å². The lowest BCUT2D eigenvalue weighted by Crippen LogP contribution is -2.26. The van der Waals surface area contributed by atoms with E-state index in [9.17, 15) is 26.4 Å². The van der Waals surface area contributed by atoms with Crippen molar-refractivity contribution in [2.75, 3.05) is 38.4 Å². The van der Waals surface area contributed by atoms with Crippen LogP contribution in [0, 0.1) is 12.8 Å². The van der Waals surface area contributed by atoms with Crippen molar-refractivity contribution in [1.29, 1.82) is 0 Å². The van der Waals surface area contributed by atoms with Crippen LogP contribution in [-0.4, -0.2) is 52.8 Å². The molecular weight excluding hydrogens is 621 g/mol. The van der Waals surface area contributed by atoms with Gasteiger partial charge in [0.15, 0.2) is 0 Å². The second-order valence-electron chi connectivity index (χ2n) is 12.5. The van der Waals surface area contributed by atoms with E-state index in [1.807, 2.05) is 25.1 Å². The van der Waals surface area contributed by atoms with Crippen molar-refractivity contribution in [3.63, 3.8) is 0 Å². The minimum atomic E-state index is -4.51. The van der Waals surface area contributed by atoms with E-state index in [2.05, 4.69) is 0 Å². The molecule has 0 bridgehead atoms. The maximum absolute atomic E-state index is 14.1. The first-order chi connectivity index (χ1) is 21.9. The molecule has 3 aliphatic rings. The van der Waals surface area contributed by atoms with Crippen LogP contribution in [0.5, 0.6) is 17.2 Å². The Bertz CT molecular complexity index is 1720. The number of aryl methyl sites for hydroxylation is 1. The number of carbonyl (C=O) groups is 1. The van der Waals surface area contributed by atoms with Crippen molar-refractivity contribution in [3.05, 3.63) is 76.3 Å². The Balaban J connectivity index is 1.18. The fourth-order valence-corrected chi connectivity index (χ4v) is 8.32. The molecular formula is C35H37F3O7S. The number of methoxy groups -OCH3 is 1. The highest BCUT2D eigenvalue weighted by Gasteiger charge is 2.36. The van der Waals surface area contributed by atoms with E-state index in [1.165, 1.54) is 19.2 Å². The number of ether oxygens (including phenoxy) is 4. The summed E-state index contributed by atoms with van der Waals surface area (Å²) in [4.78, 5) is 11.7. The standard InChI is InChI=1S/C35H37F3O7S/c1-21-13-26(43-18-22-9-11-46(40,41)12-10-22)4-7-28(21)32-16-25(35(36,37)38)15-31-23(3-6-30(31)32)19-44-27-5-8-29-24(14-34(39)42-2)20-45-33(29)17-27/h4-5,7-8,13,15-17,22-24H,3,6,9-12,14,18-20H2,1-2H3/t23-,24+/m0/s1. The number of fused-ring (bicyclic) bond motifs is 2. The molecule has 2 atom stereocenters. The van der Waals surface area contributed by atoms with Gasteiger partial charge >= 0.3 is 12.1 Å². The van der Waals surface area contributed by atoms with E-state index in [1.54, 1.807) is 18.2 Å². The fraction of sp³-hybridized carbons (Fsp3) is 0.457. The SMILES string of the molecule is COC(=O)C[C@@H]1COc2cc(OC[C@@H]3CCc4c(-c5ccc(OCC6CCS(=O)(=O)CC6)cc5C)cc(C(F)(F)F)cc43)ccc21. The van der Waals surface area contributed by atoms with E-state index in [0.717, 1.165) is 22.3 Å². The number of alkyl halides is 3. The van der Waals surface area contributed by atoms with Crippen LogP contribution in [0.3, 0.4) is 0 Å². The minimum absolute atomic E-state index is 0.0977. The zero-order valence-corrected chi connectivity index (χ0v) is 26.6. The molecule has 1 fully saturated rings. The molecule has 3 aromatic rings. The molecule has 2 aliphatic heterocycles. The topological polar surface area (TPSA) is 88.1 Å². The van der Waals surface area contributed by atoms with Crippen LogP contribution in [0.2, 0.25) is 0 Å². The third-order valence-corrected chi connectivity index (χ3v) is 11.1. The molecule has 6 rings (SSSR count). The lowest BCUT2D eigenvalue weighted by atomic mass is 9.90. The van der Waals surface area contributed by atoms with E-state index in [0.29, 0.717) is 67.3 Å². The molecule has 246 valence electrons. The van der Waals surface area contributed by atoms with Gasteiger partial charge < -0.3 is 18.9 Å². The molecule has 0 N–H and O–H groups in total. The molecule has 0 aromatic heterocycles. The molecule has 1 saturated heterocycles. The molecule has 0 radical (unpaired) electrons. The van der Waals surface area contributed by atoms with Crippen LogP contribution < -0.4 is 14.2 Å². The molecule has 46 heavy (non-hydrogen) atoms. The molecule has 0 saturated carbocycles. The molecule has 0 amide bonds. The summed E-state index contributed by atoms with van der Waals surface area (Å²) in [7, 11) is -1.60. The van der Waals surface area contributed by atoms with E-state index >= 15 is 0 Å². The van der Waals surface area contributed by atoms with Crippen LogP contribution in [0.1, 0.15) is 65.3 Å². The Labute approximate surface area is 266 Å². The highest BCUT2D eigenvalue weighted by atomic mass is 32.2. The van der Waals surface area contributed by atoms with E-state index in [-0.39, 0.29) is 48.3 Å². The van der Waals surface area contributed by atoms with Gasteiger partial charge in [0, 0.05) is 23.5 Å². The summed E-state index contributed by atoms with van der Waals surface area (Å²) in [5.74, 6) is 1.67. The highest BCUT2D eigenvalue weighted by molar-refractivity contribution is 7.91. The Hall–Kier alpha value is -3.73. The van der Waals surface area contributed by atoms with Crippen molar-refractivity contribution in [2.24, 2.45) is 5.92 Å². The average Bonchev–Trinajstić information content (AvgIpc) is 3.62. The first kappa shape index (κ1) is 32.2. The average molecular weight is 659 g/mol. The lowest BCUT2D eigenvalue weighted by Gasteiger charge is -2.22. The third-order valence-electron chi connectivity index (χ3n) is 9.40. The van der Waals surface area contributed by atoms with Crippen LogP contribution in [0.25, 0.3) is 11.1 Å². The van der Waals surface area contributed by atoms with E-state index in [4.69, 9.17) is 18.9 Å². The summed E-state index contributed by atoms with van der Waals surface area (Å²) in [5.41, 5.74) is 3.83. The molecule has 1 aliphatic carbocycles. The fourth-order valence-electron chi connectivity index (χ4n) is 6.73. The number of rotatable bonds is 9. The second kappa shape index (κ2) is 12.8.